The highest BCUT2D eigenvalue weighted by Gasteiger charge is 2.32. The molecule has 2 fully saturated rings. The minimum atomic E-state index is -0.952. The monoisotopic (exact) mass is 463 g/mol. The summed E-state index contributed by atoms with van der Waals surface area (Å²) in [5.74, 6) is -0.0108. The van der Waals surface area contributed by atoms with Gasteiger partial charge in [0.25, 0.3) is 5.91 Å². The zero-order valence-corrected chi connectivity index (χ0v) is 19.1. The molecule has 1 aromatic heterocycles. The lowest BCUT2D eigenvalue weighted by Crippen LogP contribution is -2.49. The number of carbonyl (C=O) groups excluding carboxylic acids is 3. The van der Waals surface area contributed by atoms with Crippen LogP contribution in [0.2, 0.25) is 0 Å². The van der Waals surface area contributed by atoms with Crippen molar-refractivity contribution in [2.75, 3.05) is 13.2 Å². The number of piperidine rings is 1. The highest BCUT2D eigenvalue weighted by molar-refractivity contribution is 6.01. The first-order chi connectivity index (χ1) is 16.5. The first-order valence-corrected chi connectivity index (χ1v) is 11.7. The molecule has 9 nitrogen and oxygen atoms in total. The van der Waals surface area contributed by atoms with Crippen molar-refractivity contribution in [3.8, 4) is 11.8 Å². The molecule has 3 amide bonds. The summed E-state index contributed by atoms with van der Waals surface area (Å²) in [7, 11) is 0. The average molecular weight is 464 g/mol. The molecule has 0 spiro atoms. The standard InChI is InChI=1S/C25H29N5O4/c1-2-34-22-7-3-6-19-18(22)13-21(29-19)25(33)30-20(11-15-8-9-15)24(32)28-17(14-26)12-16-5-4-10-27-23(16)31/h3,6-7,12-13,15,17,20,29H,2,4-5,8-11H2,1H3,(H,27,31)(H,28,32)(H,30,33)/b16-12+/t17-,20-/m0/s1. The van der Waals surface area contributed by atoms with Gasteiger partial charge in [-0.15, -0.1) is 0 Å². The fraction of sp³-hybridized carbons (Fsp3) is 0.440. The van der Waals surface area contributed by atoms with Gasteiger partial charge in [-0.25, -0.2) is 0 Å². The number of aromatic amines is 1. The van der Waals surface area contributed by atoms with Gasteiger partial charge in [0.15, 0.2) is 0 Å². The molecule has 1 saturated heterocycles. The van der Waals surface area contributed by atoms with Crippen molar-refractivity contribution in [3.63, 3.8) is 0 Å². The summed E-state index contributed by atoms with van der Waals surface area (Å²) in [6.07, 6.45) is 5.36. The zero-order valence-electron chi connectivity index (χ0n) is 19.1. The van der Waals surface area contributed by atoms with Crippen LogP contribution < -0.4 is 20.7 Å². The van der Waals surface area contributed by atoms with Crippen LogP contribution in [0.4, 0.5) is 0 Å². The number of amides is 3. The molecule has 0 unspecified atom stereocenters. The van der Waals surface area contributed by atoms with E-state index in [0.29, 0.717) is 48.9 Å². The number of ether oxygens (including phenoxy) is 1. The van der Waals surface area contributed by atoms with Crippen molar-refractivity contribution in [3.05, 3.63) is 41.6 Å². The van der Waals surface area contributed by atoms with Crippen molar-refractivity contribution in [2.24, 2.45) is 5.92 Å². The normalized spacial score (nSPS) is 18.6. The van der Waals surface area contributed by atoms with E-state index in [1.807, 2.05) is 31.2 Å². The predicted molar refractivity (Wildman–Crippen MR) is 126 cm³/mol. The van der Waals surface area contributed by atoms with Gasteiger partial charge in [-0.2, -0.15) is 5.26 Å². The molecule has 4 N–H and O–H groups in total. The number of fused-ring (bicyclic) bond motifs is 1. The van der Waals surface area contributed by atoms with Gasteiger partial charge in [0, 0.05) is 23.0 Å². The predicted octanol–water partition coefficient (Wildman–Crippen LogP) is 2.31. The quantitative estimate of drug-likeness (QED) is 0.423. The maximum absolute atomic E-state index is 13.0. The van der Waals surface area contributed by atoms with Gasteiger partial charge >= 0.3 is 0 Å². The highest BCUT2D eigenvalue weighted by atomic mass is 16.5. The van der Waals surface area contributed by atoms with Crippen LogP contribution in [0.15, 0.2) is 35.9 Å². The number of rotatable bonds is 9. The Kier molecular flexibility index (Phi) is 7.16. The van der Waals surface area contributed by atoms with Crippen molar-refractivity contribution < 1.29 is 19.1 Å². The molecule has 2 aromatic rings. The third-order valence-corrected chi connectivity index (χ3v) is 6.06. The van der Waals surface area contributed by atoms with Crippen molar-refractivity contribution in [1.82, 2.24) is 20.9 Å². The number of benzene rings is 1. The van der Waals surface area contributed by atoms with Gasteiger partial charge in [-0.1, -0.05) is 18.9 Å². The Labute approximate surface area is 197 Å². The van der Waals surface area contributed by atoms with E-state index in [2.05, 4.69) is 20.9 Å². The van der Waals surface area contributed by atoms with Crippen LogP contribution in [0, 0.1) is 17.2 Å². The summed E-state index contributed by atoms with van der Waals surface area (Å²) in [6.45, 7) is 3.01. The van der Waals surface area contributed by atoms with Crippen LogP contribution in [0.1, 0.15) is 49.5 Å². The Morgan fingerprint density at radius 2 is 2.15 bits per heavy atom. The molecule has 2 atom stereocenters. The largest absolute Gasteiger partial charge is 0.493 e. The zero-order chi connectivity index (χ0) is 24.1. The third-order valence-electron chi connectivity index (χ3n) is 6.06. The Morgan fingerprint density at radius 3 is 2.85 bits per heavy atom. The summed E-state index contributed by atoms with van der Waals surface area (Å²) in [5.41, 5.74) is 1.58. The number of H-pyrrole nitrogens is 1. The molecule has 178 valence electrons. The van der Waals surface area contributed by atoms with Gasteiger partial charge in [0.05, 0.1) is 12.7 Å². The number of carbonyl (C=O) groups is 3. The number of nitrogens with zero attached hydrogens (tertiary/aromatic N) is 1. The van der Waals surface area contributed by atoms with Crippen LogP contribution in [-0.2, 0) is 9.59 Å². The lowest BCUT2D eigenvalue weighted by Gasteiger charge is -2.20. The number of hydrogen-bond acceptors (Lipinski definition) is 5. The molecule has 0 radical (unpaired) electrons. The maximum Gasteiger partial charge on any atom is 0.268 e. The fourth-order valence-corrected chi connectivity index (χ4v) is 4.12. The Balaban J connectivity index is 1.47. The molecular weight excluding hydrogens is 434 g/mol. The summed E-state index contributed by atoms with van der Waals surface area (Å²) in [4.78, 5) is 41.1. The number of hydrogen-bond donors (Lipinski definition) is 4. The van der Waals surface area contributed by atoms with Gasteiger partial charge in [0.1, 0.15) is 23.5 Å². The molecular formula is C25H29N5O4. The van der Waals surface area contributed by atoms with Crippen LogP contribution in [0.5, 0.6) is 5.75 Å². The third kappa shape index (κ3) is 5.57. The summed E-state index contributed by atoms with van der Waals surface area (Å²) in [5, 5.41) is 18.6. The molecule has 4 rings (SSSR count). The molecule has 2 aliphatic rings. The second kappa shape index (κ2) is 10.4. The minimum absolute atomic E-state index is 0.214. The van der Waals surface area contributed by atoms with E-state index in [4.69, 9.17) is 4.74 Å². The van der Waals surface area contributed by atoms with Crippen molar-refractivity contribution in [1.29, 1.82) is 5.26 Å². The fourth-order valence-electron chi connectivity index (χ4n) is 4.12. The molecule has 9 heteroatoms. The van der Waals surface area contributed by atoms with Crippen molar-refractivity contribution >= 4 is 28.6 Å². The van der Waals surface area contributed by atoms with E-state index in [0.717, 1.165) is 30.2 Å². The maximum atomic E-state index is 13.0. The highest BCUT2D eigenvalue weighted by Crippen LogP contribution is 2.34. The van der Waals surface area contributed by atoms with Gasteiger partial charge in [-0.05, 0) is 56.4 Å². The topological polar surface area (TPSA) is 136 Å². The number of nitriles is 1. The lowest BCUT2D eigenvalue weighted by molar-refractivity contribution is -0.123. The Hall–Kier alpha value is -3.80. The minimum Gasteiger partial charge on any atom is -0.493 e. The summed E-state index contributed by atoms with van der Waals surface area (Å²) >= 11 is 0. The van der Waals surface area contributed by atoms with E-state index >= 15 is 0 Å². The Bertz CT molecular complexity index is 1160. The first-order valence-electron chi connectivity index (χ1n) is 11.7. The molecule has 0 bridgehead atoms. The first kappa shape index (κ1) is 23.4. The van der Waals surface area contributed by atoms with Gasteiger partial charge < -0.3 is 25.7 Å². The van der Waals surface area contributed by atoms with Crippen molar-refractivity contribution in [2.45, 2.75) is 51.1 Å². The summed E-state index contributed by atoms with van der Waals surface area (Å²) in [6, 6.07) is 7.54. The molecule has 1 aliphatic heterocycles. The second-order valence-corrected chi connectivity index (χ2v) is 8.71. The smallest absolute Gasteiger partial charge is 0.268 e. The van der Waals surface area contributed by atoms with Crippen LogP contribution in [0.3, 0.4) is 0 Å². The van der Waals surface area contributed by atoms with E-state index in [-0.39, 0.29) is 5.91 Å². The molecule has 1 aliphatic carbocycles. The lowest BCUT2D eigenvalue weighted by atomic mass is 10.0. The van der Waals surface area contributed by atoms with E-state index in [1.165, 1.54) is 6.08 Å². The van der Waals surface area contributed by atoms with Crippen LogP contribution >= 0.6 is 0 Å². The van der Waals surface area contributed by atoms with E-state index in [1.54, 1.807) is 6.07 Å². The molecule has 2 heterocycles. The number of nitrogens with one attached hydrogen (secondary N) is 4. The summed E-state index contributed by atoms with van der Waals surface area (Å²) < 4.78 is 5.64. The SMILES string of the molecule is CCOc1cccc2[nH]c(C(=O)N[C@@H](CC3CC3)C(=O)N[C@H](C#N)/C=C3\CCCNC3=O)cc12. The van der Waals surface area contributed by atoms with E-state index < -0.39 is 23.9 Å². The van der Waals surface area contributed by atoms with Gasteiger partial charge in [-0.3, -0.25) is 14.4 Å². The second-order valence-electron chi connectivity index (χ2n) is 8.71. The Morgan fingerprint density at radius 1 is 1.32 bits per heavy atom. The van der Waals surface area contributed by atoms with E-state index in [9.17, 15) is 19.6 Å². The molecule has 1 saturated carbocycles. The molecule has 1 aromatic carbocycles. The molecule has 34 heavy (non-hydrogen) atoms. The van der Waals surface area contributed by atoms with Gasteiger partial charge in [0.2, 0.25) is 11.8 Å². The van der Waals surface area contributed by atoms with Crippen LogP contribution in [-0.4, -0.2) is 47.9 Å². The van der Waals surface area contributed by atoms with Crippen LogP contribution in [0.25, 0.3) is 10.9 Å². The average Bonchev–Trinajstić information content (AvgIpc) is 3.54. The number of aromatic nitrogens is 1.